The lowest BCUT2D eigenvalue weighted by atomic mass is 10.1. The van der Waals surface area contributed by atoms with Gasteiger partial charge < -0.3 is 0 Å². The van der Waals surface area contributed by atoms with Crippen LogP contribution in [0, 0.1) is 20.8 Å². The van der Waals surface area contributed by atoms with E-state index in [1.807, 2.05) is 19.1 Å². The predicted molar refractivity (Wildman–Crippen MR) is 130 cm³/mol. The van der Waals surface area contributed by atoms with Gasteiger partial charge in [-0.2, -0.15) is 9.41 Å². The van der Waals surface area contributed by atoms with E-state index in [1.165, 1.54) is 6.21 Å². The molecule has 9 heteroatoms. The van der Waals surface area contributed by atoms with Gasteiger partial charge in [0.2, 0.25) is 10.0 Å². The zero-order valence-electron chi connectivity index (χ0n) is 18.6. The molecule has 0 bridgehead atoms. The number of hydrogen-bond acceptors (Lipinski definition) is 5. The van der Waals surface area contributed by atoms with E-state index in [1.54, 1.807) is 62.5 Å². The fourth-order valence-electron chi connectivity index (χ4n) is 3.54. The second-order valence-electron chi connectivity index (χ2n) is 7.68. The largest absolute Gasteiger partial charge is 0.272 e. The highest BCUT2D eigenvalue weighted by Crippen LogP contribution is 2.26. The Morgan fingerprint density at radius 2 is 1.76 bits per heavy atom. The number of rotatable bonds is 8. The van der Waals surface area contributed by atoms with Crippen LogP contribution in [0.2, 0.25) is 5.02 Å². The maximum Gasteiger partial charge on any atom is 0.255 e. The van der Waals surface area contributed by atoms with Crippen molar-refractivity contribution in [3.05, 3.63) is 93.8 Å². The number of aryl methyl sites for hydroxylation is 3. The van der Waals surface area contributed by atoms with E-state index in [2.05, 4.69) is 15.5 Å². The van der Waals surface area contributed by atoms with Crippen molar-refractivity contribution in [1.82, 2.24) is 14.7 Å². The number of aromatic nitrogens is 1. The Balaban J connectivity index is 1.88. The summed E-state index contributed by atoms with van der Waals surface area (Å²) in [7, 11) is -3.98. The first-order valence-corrected chi connectivity index (χ1v) is 12.0. The summed E-state index contributed by atoms with van der Waals surface area (Å²) in [4.78, 5) is 16.9. The molecular formula is C24H25ClN4O3S. The summed E-state index contributed by atoms with van der Waals surface area (Å²) < 4.78 is 28.5. The van der Waals surface area contributed by atoms with Crippen LogP contribution in [0.5, 0.6) is 0 Å². The highest BCUT2D eigenvalue weighted by molar-refractivity contribution is 7.89. The SMILES string of the molecule is Cc1cc(C)c(S(=O)(=O)N(CC(=O)N/N=C/c2ccccn2)Cc2ccc(Cl)cc2)c(C)c1. The van der Waals surface area contributed by atoms with Gasteiger partial charge >= 0.3 is 0 Å². The van der Waals surface area contributed by atoms with Crippen LogP contribution in [0.25, 0.3) is 0 Å². The number of hydrogen-bond donors (Lipinski definition) is 1. The Bertz CT molecular complexity index is 1240. The van der Waals surface area contributed by atoms with Gasteiger partial charge in [0.15, 0.2) is 0 Å². The van der Waals surface area contributed by atoms with Gasteiger partial charge in [0.25, 0.3) is 5.91 Å². The Morgan fingerprint density at radius 3 is 2.36 bits per heavy atom. The molecular weight excluding hydrogens is 460 g/mol. The van der Waals surface area contributed by atoms with Crippen molar-refractivity contribution in [2.45, 2.75) is 32.2 Å². The van der Waals surface area contributed by atoms with Crippen LogP contribution in [-0.4, -0.2) is 36.4 Å². The van der Waals surface area contributed by atoms with Gasteiger partial charge in [-0.05, 0) is 61.7 Å². The quantitative estimate of drug-likeness (QED) is 0.386. The lowest BCUT2D eigenvalue weighted by Crippen LogP contribution is -2.39. The van der Waals surface area contributed by atoms with Crippen molar-refractivity contribution in [3.8, 4) is 0 Å². The van der Waals surface area contributed by atoms with Crippen LogP contribution in [0.3, 0.4) is 0 Å². The summed E-state index contributed by atoms with van der Waals surface area (Å²) in [5.41, 5.74) is 5.87. The number of sulfonamides is 1. The lowest BCUT2D eigenvalue weighted by molar-refractivity contribution is -0.121. The molecule has 0 aliphatic rings. The third-order valence-corrected chi connectivity index (χ3v) is 7.22. The number of pyridine rings is 1. The zero-order chi connectivity index (χ0) is 24.0. The van der Waals surface area contributed by atoms with E-state index in [4.69, 9.17) is 11.6 Å². The standard InChI is InChI=1S/C24H25ClN4O3S/c1-17-12-18(2)24(19(3)13-17)33(31,32)29(15-20-7-9-21(25)10-8-20)16-23(30)28-27-14-22-6-4-5-11-26-22/h4-14H,15-16H2,1-3H3,(H,28,30)/b27-14+. The molecule has 3 aromatic rings. The second kappa shape index (κ2) is 10.7. The van der Waals surface area contributed by atoms with E-state index in [0.717, 1.165) is 9.87 Å². The molecule has 3 rings (SSSR count). The van der Waals surface area contributed by atoms with Gasteiger partial charge in [-0.1, -0.05) is 47.5 Å². The molecule has 0 saturated heterocycles. The van der Waals surface area contributed by atoms with Crippen molar-refractivity contribution in [1.29, 1.82) is 0 Å². The van der Waals surface area contributed by atoms with Crippen LogP contribution in [0.4, 0.5) is 0 Å². The average molecular weight is 485 g/mol. The Morgan fingerprint density at radius 1 is 1.09 bits per heavy atom. The van der Waals surface area contributed by atoms with Crippen LogP contribution in [0.15, 0.2) is 70.8 Å². The van der Waals surface area contributed by atoms with Gasteiger partial charge in [0, 0.05) is 17.8 Å². The zero-order valence-corrected chi connectivity index (χ0v) is 20.2. The van der Waals surface area contributed by atoms with Gasteiger partial charge in [-0.15, -0.1) is 0 Å². The van der Waals surface area contributed by atoms with Crippen LogP contribution < -0.4 is 5.43 Å². The highest BCUT2D eigenvalue weighted by atomic mass is 35.5. The molecule has 0 saturated carbocycles. The third-order valence-electron chi connectivity index (χ3n) is 4.87. The molecule has 1 heterocycles. The first-order chi connectivity index (χ1) is 15.7. The highest BCUT2D eigenvalue weighted by Gasteiger charge is 2.30. The number of halogens is 1. The van der Waals surface area contributed by atoms with Crippen LogP contribution in [0.1, 0.15) is 27.9 Å². The number of carbonyl (C=O) groups is 1. The molecule has 7 nitrogen and oxygen atoms in total. The first-order valence-electron chi connectivity index (χ1n) is 10.2. The fourth-order valence-corrected chi connectivity index (χ4v) is 5.46. The normalized spacial score (nSPS) is 11.8. The lowest BCUT2D eigenvalue weighted by Gasteiger charge is -2.24. The van der Waals surface area contributed by atoms with Crippen molar-refractivity contribution in [3.63, 3.8) is 0 Å². The van der Waals surface area contributed by atoms with Gasteiger partial charge in [0.1, 0.15) is 0 Å². The number of amides is 1. The summed E-state index contributed by atoms with van der Waals surface area (Å²) >= 11 is 5.97. The van der Waals surface area contributed by atoms with E-state index >= 15 is 0 Å². The molecule has 1 amide bonds. The molecule has 0 aliphatic heterocycles. The van der Waals surface area contributed by atoms with E-state index in [9.17, 15) is 13.2 Å². The van der Waals surface area contributed by atoms with Gasteiger partial charge in [0.05, 0.1) is 23.3 Å². The van der Waals surface area contributed by atoms with Crippen molar-refractivity contribution < 1.29 is 13.2 Å². The van der Waals surface area contributed by atoms with E-state index < -0.39 is 22.5 Å². The maximum atomic E-state index is 13.7. The number of nitrogens with zero attached hydrogens (tertiary/aromatic N) is 3. The molecule has 1 N–H and O–H groups in total. The molecule has 172 valence electrons. The molecule has 0 radical (unpaired) electrons. The van der Waals surface area contributed by atoms with E-state index in [-0.39, 0.29) is 11.4 Å². The minimum Gasteiger partial charge on any atom is -0.272 e. The van der Waals surface area contributed by atoms with Crippen molar-refractivity contribution in [2.24, 2.45) is 5.10 Å². The number of nitrogens with one attached hydrogen (secondary N) is 1. The molecule has 0 atom stereocenters. The van der Waals surface area contributed by atoms with Crippen LogP contribution in [-0.2, 0) is 21.4 Å². The number of benzene rings is 2. The summed E-state index contributed by atoms with van der Waals surface area (Å²) in [5.74, 6) is -0.567. The summed E-state index contributed by atoms with van der Waals surface area (Å²) in [6.45, 7) is 5.02. The average Bonchev–Trinajstić information content (AvgIpc) is 2.74. The summed E-state index contributed by atoms with van der Waals surface area (Å²) in [6, 6.07) is 15.8. The Kier molecular flexibility index (Phi) is 7.97. The number of hydrazone groups is 1. The van der Waals surface area contributed by atoms with Crippen molar-refractivity contribution in [2.75, 3.05) is 6.54 Å². The minimum absolute atomic E-state index is 0.00360. The Hall–Kier alpha value is -3.07. The summed E-state index contributed by atoms with van der Waals surface area (Å²) in [6.07, 6.45) is 3.00. The van der Waals surface area contributed by atoms with E-state index in [0.29, 0.717) is 27.4 Å². The molecule has 33 heavy (non-hydrogen) atoms. The first kappa shape index (κ1) is 24.6. The molecule has 0 aliphatic carbocycles. The van der Waals surface area contributed by atoms with Gasteiger partial charge in [-0.3, -0.25) is 9.78 Å². The number of carbonyl (C=O) groups excluding carboxylic acids is 1. The monoisotopic (exact) mass is 484 g/mol. The fraction of sp³-hybridized carbons (Fsp3) is 0.208. The second-order valence-corrected chi connectivity index (χ2v) is 9.99. The minimum atomic E-state index is -3.98. The predicted octanol–water partition coefficient (Wildman–Crippen LogP) is 4.00. The molecule has 0 unspecified atom stereocenters. The van der Waals surface area contributed by atoms with Gasteiger partial charge in [-0.25, -0.2) is 13.8 Å². The molecule has 0 spiro atoms. The van der Waals surface area contributed by atoms with Crippen molar-refractivity contribution >= 4 is 33.7 Å². The molecule has 0 fully saturated rings. The maximum absolute atomic E-state index is 13.7. The smallest absolute Gasteiger partial charge is 0.255 e. The van der Waals surface area contributed by atoms with Crippen LogP contribution >= 0.6 is 11.6 Å². The third kappa shape index (κ3) is 6.47. The Labute approximate surface area is 199 Å². The topological polar surface area (TPSA) is 91.7 Å². The summed E-state index contributed by atoms with van der Waals surface area (Å²) in [5, 5.41) is 4.43. The molecule has 1 aromatic heterocycles. The molecule has 2 aromatic carbocycles.